The smallest absolute Gasteiger partial charge is 0.234 e. The summed E-state index contributed by atoms with van der Waals surface area (Å²) in [4.78, 5) is 12.2. The monoisotopic (exact) mass is 445 g/mol. The molecule has 0 aliphatic carbocycles. The summed E-state index contributed by atoms with van der Waals surface area (Å²) in [6.45, 7) is 6.43. The number of nitrogens with zero attached hydrogens (tertiary/aromatic N) is 3. The molecule has 158 valence electrons. The third-order valence-corrected chi connectivity index (χ3v) is 5.64. The molecule has 1 heterocycles. The molecule has 0 unspecified atom stereocenters. The lowest BCUT2D eigenvalue weighted by Gasteiger charge is -2.14. The number of carbonyl (C=O) groups is 1. The lowest BCUT2D eigenvalue weighted by molar-refractivity contribution is -0.113. The highest BCUT2D eigenvalue weighted by Crippen LogP contribution is 2.28. The fourth-order valence-electron chi connectivity index (χ4n) is 2.77. The van der Waals surface area contributed by atoms with Gasteiger partial charge in [0.05, 0.1) is 16.5 Å². The predicted molar refractivity (Wildman–Crippen MR) is 121 cm³/mol. The van der Waals surface area contributed by atoms with Gasteiger partial charge in [0.25, 0.3) is 0 Å². The number of carbonyl (C=O) groups excluding carboxylic acids is 1. The molecule has 0 aliphatic rings. The maximum absolute atomic E-state index is 12.2. The lowest BCUT2D eigenvalue weighted by Crippen LogP contribution is -2.18. The van der Waals surface area contributed by atoms with Crippen LogP contribution in [0.1, 0.15) is 36.7 Å². The van der Waals surface area contributed by atoms with Crippen LogP contribution in [0.4, 0.5) is 5.69 Å². The van der Waals surface area contributed by atoms with Crippen molar-refractivity contribution in [2.45, 2.75) is 38.5 Å². The molecule has 0 aliphatic heterocycles. The summed E-state index contributed by atoms with van der Waals surface area (Å²) in [5.74, 6) is 7.62. The quantitative estimate of drug-likeness (QED) is 0.394. The van der Waals surface area contributed by atoms with Crippen molar-refractivity contribution in [1.82, 2.24) is 14.9 Å². The molecule has 0 radical (unpaired) electrons. The van der Waals surface area contributed by atoms with Gasteiger partial charge in [0.2, 0.25) is 11.1 Å². The largest absolute Gasteiger partial charge is 0.485 e. The Hall–Kier alpha value is -2.71. The molecule has 0 saturated heterocycles. The second-order valence-corrected chi connectivity index (χ2v) is 8.42. The van der Waals surface area contributed by atoms with E-state index in [-0.39, 0.29) is 18.3 Å². The van der Waals surface area contributed by atoms with Crippen LogP contribution in [0.25, 0.3) is 0 Å². The Morgan fingerprint density at radius 1 is 1.27 bits per heavy atom. The van der Waals surface area contributed by atoms with Crippen LogP contribution in [0.3, 0.4) is 0 Å². The molecule has 7 nitrogen and oxygen atoms in total. The first-order valence-electron chi connectivity index (χ1n) is 9.45. The number of nitrogens with two attached hydrogens (primary N) is 1. The molecule has 3 N–H and O–H groups in total. The van der Waals surface area contributed by atoms with Gasteiger partial charge in [-0.2, -0.15) is 0 Å². The van der Waals surface area contributed by atoms with Crippen LogP contribution < -0.4 is 15.9 Å². The Labute approximate surface area is 184 Å². The Bertz CT molecular complexity index is 1040. The first-order chi connectivity index (χ1) is 14.3. The van der Waals surface area contributed by atoms with E-state index in [9.17, 15) is 4.79 Å². The highest BCUT2D eigenvalue weighted by atomic mass is 35.5. The zero-order valence-electron chi connectivity index (χ0n) is 17.1. The number of halogens is 1. The van der Waals surface area contributed by atoms with Crippen molar-refractivity contribution in [1.29, 1.82) is 0 Å². The van der Waals surface area contributed by atoms with Gasteiger partial charge < -0.3 is 15.9 Å². The number of benzene rings is 2. The number of thioether (sulfide) groups is 1. The number of amides is 1. The lowest BCUT2D eigenvalue weighted by atomic mass is 10.0. The van der Waals surface area contributed by atoms with Gasteiger partial charge >= 0.3 is 0 Å². The van der Waals surface area contributed by atoms with Crippen molar-refractivity contribution in [2.75, 3.05) is 16.9 Å². The zero-order valence-corrected chi connectivity index (χ0v) is 18.6. The number of hydrogen-bond acceptors (Lipinski definition) is 6. The van der Waals surface area contributed by atoms with Crippen LogP contribution in [-0.4, -0.2) is 26.5 Å². The number of nitrogen functional groups attached to an aromatic ring is 1. The standard InChI is InChI=1S/C21H24ClN5O2S/c1-13(2)15-9-8-14(3)10-18(15)29-11-19-25-26-21(27(19)23)30-12-20(28)24-17-7-5-4-6-16(17)22/h4-10,13H,11-12,23H2,1-3H3,(H,24,28). The predicted octanol–water partition coefficient (Wildman–Crippen LogP) is 4.39. The number of aromatic nitrogens is 3. The molecule has 30 heavy (non-hydrogen) atoms. The Morgan fingerprint density at radius 2 is 2.03 bits per heavy atom. The van der Waals surface area contributed by atoms with E-state index in [0.717, 1.165) is 16.9 Å². The van der Waals surface area contributed by atoms with Crippen molar-refractivity contribution >= 4 is 35.0 Å². The summed E-state index contributed by atoms with van der Waals surface area (Å²) >= 11 is 7.24. The van der Waals surface area contributed by atoms with Crippen molar-refractivity contribution < 1.29 is 9.53 Å². The van der Waals surface area contributed by atoms with E-state index in [1.54, 1.807) is 24.3 Å². The molecule has 3 rings (SSSR count). The van der Waals surface area contributed by atoms with E-state index in [1.165, 1.54) is 16.4 Å². The van der Waals surface area contributed by atoms with Crippen molar-refractivity contribution in [3.63, 3.8) is 0 Å². The van der Waals surface area contributed by atoms with E-state index in [1.807, 2.05) is 13.0 Å². The fraction of sp³-hybridized carbons (Fsp3) is 0.286. The van der Waals surface area contributed by atoms with E-state index in [4.69, 9.17) is 22.2 Å². The van der Waals surface area contributed by atoms with Gasteiger partial charge in [-0.05, 0) is 42.2 Å². The van der Waals surface area contributed by atoms with Crippen molar-refractivity contribution in [3.05, 3.63) is 64.4 Å². The van der Waals surface area contributed by atoms with Crippen LogP contribution in [0.5, 0.6) is 5.75 Å². The van der Waals surface area contributed by atoms with Crippen LogP contribution in [-0.2, 0) is 11.4 Å². The SMILES string of the molecule is Cc1ccc(C(C)C)c(OCc2nnc(SCC(=O)Nc3ccccc3Cl)n2N)c1. The number of para-hydroxylation sites is 1. The van der Waals surface area contributed by atoms with Crippen LogP contribution in [0.2, 0.25) is 5.02 Å². The number of hydrogen-bond donors (Lipinski definition) is 2. The molecule has 0 saturated carbocycles. The molecular weight excluding hydrogens is 422 g/mol. The molecular formula is C21H24ClN5O2S. The molecule has 1 aromatic heterocycles. The summed E-state index contributed by atoms with van der Waals surface area (Å²) in [6.07, 6.45) is 0. The highest BCUT2D eigenvalue weighted by Gasteiger charge is 2.15. The van der Waals surface area contributed by atoms with Gasteiger partial charge in [0.1, 0.15) is 12.4 Å². The third kappa shape index (κ3) is 5.46. The Morgan fingerprint density at radius 3 is 2.77 bits per heavy atom. The van der Waals surface area contributed by atoms with E-state index < -0.39 is 0 Å². The molecule has 0 atom stereocenters. The van der Waals surface area contributed by atoms with Crippen LogP contribution in [0, 0.1) is 6.92 Å². The zero-order chi connectivity index (χ0) is 21.7. The first-order valence-corrected chi connectivity index (χ1v) is 10.8. The summed E-state index contributed by atoms with van der Waals surface area (Å²) in [5, 5.41) is 11.8. The molecule has 3 aromatic rings. The molecule has 1 amide bonds. The third-order valence-electron chi connectivity index (χ3n) is 4.36. The van der Waals surface area contributed by atoms with Gasteiger partial charge in [-0.25, -0.2) is 4.68 Å². The Kier molecular flexibility index (Phi) is 7.23. The van der Waals surface area contributed by atoms with Crippen molar-refractivity contribution in [3.8, 4) is 5.75 Å². The number of anilines is 1. The van der Waals surface area contributed by atoms with Gasteiger partial charge in [-0.3, -0.25) is 4.79 Å². The number of ether oxygens (including phenoxy) is 1. The molecule has 0 spiro atoms. The van der Waals surface area contributed by atoms with Crippen LogP contribution >= 0.6 is 23.4 Å². The number of aryl methyl sites for hydroxylation is 1. The van der Waals surface area contributed by atoms with Crippen LogP contribution in [0.15, 0.2) is 47.6 Å². The van der Waals surface area contributed by atoms with Gasteiger partial charge in [0.15, 0.2) is 5.82 Å². The second kappa shape index (κ2) is 9.86. The average Bonchev–Trinajstić information content (AvgIpc) is 3.06. The molecule has 0 bridgehead atoms. The van der Waals surface area contributed by atoms with Gasteiger partial charge in [-0.1, -0.05) is 61.5 Å². The fourth-order valence-corrected chi connectivity index (χ4v) is 3.63. The maximum atomic E-state index is 12.2. The first kappa shape index (κ1) is 22.0. The minimum atomic E-state index is -0.213. The minimum Gasteiger partial charge on any atom is -0.485 e. The normalized spacial score (nSPS) is 11.0. The topological polar surface area (TPSA) is 95.1 Å². The average molecular weight is 446 g/mol. The minimum absolute atomic E-state index is 0.122. The molecule has 9 heteroatoms. The number of nitrogens with one attached hydrogen (secondary N) is 1. The second-order valence-electron chi connectivity index (χ2n) is 7.07. The summed E-state index contributed by atoms with van der Waals surface area (Å²) in [6, 6.07) is 13.2. The molecule has 2 aromatic carbocycles. The Balaban J connectivity index is 1.59. The van der Waals surface area contributed by atoms with Gasteiger partial charge in [0, 0.05) is 0 Å². The van der Waals surface area contributed by atoms with E-state index >= 15 is 0 Å². The number of rotatable bonds is 8. The van der Waals surface area contributed by atoms with Gasteiger partial charge in [-0.15, -0.1) is 10.2 Å². The van der Waals surface area contributed by atoms with E-state index in [0.29, 0.717) is 27.6 Å². The summed E-state index contributed by atoms with van der Waals surface area (Å²) in [5.41, 5.74) is 2.80. The highest BCUT2D eigenvalue weighted by molar-refractivity contribution is 7.99. The summed E-state index contributed by atoms with van der Waals surface area (Å²) in [7, 11) is 0. The summed E-state index contributed by atoms with van der Waals surface area (Å²) < 4.78 is 7.32. The maximum Gasteiger partial charge on any atom is 0.234 e. The molecule has 0 fully saturated rings. The van der Waals surface area contributed by atoms with Crippen molar-refractivity contribution in [2.24, 2.45) is 0 Å². The van der Waals surface area contributed by atoms with E-state index in [2.05, 4.69) is 41.5 Å².